The summed E-state index contributed by atoms with van der Waals surface area (Å²) in [7, 11) is 1.58. The van der Waals surface area contributed by atoms with Crippen LogP contribution >= 0.6 is 0 Å². The highest BCUT2D eigenvalue weighted by molar-refractivity contribution is 5.88. The molecule has 1 aromatic heterocycles. The molecule has 0 aliphatic rings. The monoisotopic (exact) mass is 247 g/mol. The number of halogens is 3. The molecule has 0 atom stereocenters. The molecule has 4 nitrogen and oxygen atoms in total. The van der Waals surface area contributed by atoms with Gasteiger partial charge in [-0.2, -0.15) is 13.2 Å². The minimum absolute atomic E-state index is 0.225. The van der Waals surface area contributed by atoms with E-state index in [4.69, 9.17) is 0 Å². The van der Waals surface area contributed by atoms with E-state index in [0.717, 1.165) is 18.3 Å². The topological polar surface area (TPSA) is 45.2 Å². The Kier molecular flexibility index (Phi) is 3.93. The molecule has 0 aromatic carbocycles. The number of carbonyl (C=O) groups excluding carboxylic acids is 1. The van der Waals surface area contributed by atoms with Gasteiger partial charge < -0.3 is 10.2 Å². The molecule has 1 heterocycles. The highest BCUT2D eigenvalue weighted by Crippen LogP contribution is 2.27. The molecule has 0 saturated carbocycles. The number of aromatic nitrogens is 1. The molecule has 0 bridgehead atoms. The van der Waals surface area contributed by atoms with Crippen LogP contribution in [0, 0.1) is 0 Å². The molecule has 0 aliphatic carbocycles. The number of pyridine rings is 1. The van der Waals surface area contributed by atoms with Gasteiger partial charge in [-0.3, -0.25) is 0 Å². The average molecular weight is 247 g/mol. The van der Waals surface area contributed by atoms with Crippen molar-refractivity contribution in [2.45, 2.75) is 13.1 Å². The second kappa shape index (κ2) is 5.03. The Bertz CT molecular complexity index is 389. The maximum absolute atomic E-state index is 12.2. The minimum atomic E-state index is -4.47. The van der Waals surface area contributed by atoms with Gasteiger partial charge in [-0.25, -0.2) is 9.78 Å². The number of rotatable bonds is 2. The third kappa shape index (κ3) is 3.61. The van der Waals surface area contributed by atoms with Gasteiger partial charge in [0, 0.05) is 13.6 Å². The van der Waals surface area contributed by atoms with Crippen molar-refractivity contribution in [1.82, 2.24) is 9.88 Å². The first kappa shape index (κ1) is 13.3. The van der Waals surface area contributed by atoms with Crippen molar-refractivity contribution >= 4 is 11.7 Å². The quantitative estimate of drug-likeness (QED) is 0.873. The summed E-state index contributed by atoms with van der Waals surface area (Å²) in [6.07, 6.45) is -3.49. The number of urea groups is 1. The van der Waals surface area contributed by atoms with E-state index in [1.165, 1.54) is 4.90 Å². The lowest BCUT2D eigenvalue weighted by molar-refractivity contribution is -0.141. The summed E-state index contributed by atoms with van der Waals surface area (Å²) >= 11 is 0. The highest BCUT2D eigenvalue weighted by Gasteiger charge is 2.32. The Morgan fingerprint density at radius 3 is 2.53 bits per heavy atom. The molecule has 1 rings (SSSR count). The second-order valence-corrected chi connectivity index (χ2v) is 3.37. The molecule has 1 N–H and O–H groups in total. The van der Waals surface area contributed by atoms with Crippen molar-refractivity contribution < 1.29 is 18.0 Å². The predicted octanol–water partition coefficient (Wildman–Crippen LogP) is 2.58. The van der Waals surface area contributed by atoms with Gasteiger partial charge in [0.2, 0.25) is 0 Å². The van der Waals surface area contributed by atoms with Crippen LogP contribution in [-0.2, 0) is 6.18 Å². The van der Waals surface area contributed by atoms with Crippen LogP contribution in [0.1, 0.15) is 12.6 Å². The van der Waals surface area contributed by atoms with Crippen molar-refractivity contribution in [3.63, 3.8) is 0 Å². The first-order valence-corrected chi connectivity index (χ1v) is 4.90. The summed E-state index contributed by atoms with van der Waals surface area (Å²) in [5, 5.41) is 2.43. The molecule has 0 spiro atoms. The van der Waals surface area contributed by atoms with Gasteiger partial charge in [-0.05, 0) is 19.1 Å². The number of carbonyl (C=O) groups is 1. The number of nitrogens with zero attached hydrogens (tertiary/aromatic N) is 2. The lowest BCUT2D eigenvalue weighted by Crippen LogP contribution is -2.31. The molecule has 7 heteroatoms. The SMILES string of the molecule is CCN(C)C(=O)Nc1ccc(C(F)(F)F)nc1. The van der Waals surface area contributed by atoms with E-state index >= 15 is 0 Å². The number of nitrogens with one attached hydrogen (secondary N) is 1. The van der Waals surface area contributed by atoms with Crippen molar-refractivity contribution in [3.05, 3.63) is 24.0 Å². The fraction of sp³-hybridized carbons (Fsp3) is 0.400. The summed E-state index contributed by atoms with van der Waals surface area (Å²) in [6, 6.07) is 1.59. The third-order valence-electron chi connectivity index (χ3n) is 2.13. The molecule has 0 aliphatic heterocycles. The molecule has 0 fully saturated rings. The van der Waals surface area contributed by atoms with E-state index in [1.54, 1.807) is 14.0 Å². The van der Waals surface area contributed by atoms with Gasteiger partial charge >= 0.3 is 12.2 Å². The molecule has 2 amide bonds. The fourth-order valence-corrected chi connectivity index (χ4v) is 0.998. The zero-order valence-corrected chi connectivity index (χ0v) is 9.38. The van der Waals surface area contributed by atoms with Crippen LogP contribution in [0.4, 0.5) is 23.7 Å². The van der Waals surface area contributed by atoms with E-state index in [0.29, 0.717) is 6.54 Å². The average Bonchev–Trinajstić information content (AvgIpc) is 2.27. The maximum atomic E-state index is 12.2. The predicted molar refractivity (Wildman–Crippen MR) is 56.6 cm³/mol. The molecule has 0 saturated heterocycles. The van der Waals surface area contributed by atoms with Gasteiger partial charge in [0.05, 0.1) is 11.9 Å². The van der Waals surface area contributed by atoms with Crippen LogP contribution in [0.5, 0.6) is 0 Å². The summed E-state index contributed by atoms with van der Waals surface area (Å²) in [6.45, 7) is 2.28. The molecule has 1 aromatic rings. The van der Waals surface area contributed by atoms with Gasteiger partial charge in [0.1, 0.15) is 5.69 Å². The van der Waals surface area contributed by atoms with E-state index < -0.39 is 17.9 Å². The van der Waals surface area contributed by atoms with Gasteiger partial charge in [-0.1, -0.05) is 0 Å². The highest BCUT2D eigenvalue weighted by atomic mass is 19.4. The van der Waals surface area contributed by atoms with Crippen molar-refractivity contribution in [1.29, 1.82) is 0 Å². The Morgan fingerprint density at radius 2 is 2.12 bits per heavy atom. The lowest BCUT2D eigenvalue weighted by Gasteiger charge is -2.15. The third-order valence-corrected chi connectivity index (χ3v) is 2.13. The lowest BCUT2D eigenvalue weighted by atomic mass is 10.3. The first-order chi connectivity index (χ1) is 7.84. The Morgan fingerprint density at radius 1 is 1.47 bits per heavy atom. The second-order valence-electron chi connectivity index (χ2n) is 3.37. The number of hydrogen-bond acceptors (Lipinski definition) is 2. The minimum Gasteiger partial charge on any atom is -0.328 e. The summed E-state index contributed by atoms with van der Waals surface area (Å²) < 4.78 is 36.6. The van der Waals surface area contributed by atoms with E-state index in [9.17, 15) is 18.0 Å². The maximum Gasteiger partial charge on any atom is 0.433 e. The Labute approximate surface area is 96.4 Å². The van der Waals surface area contributed by atoms with Crippen LogP contribution in [0.3, 0.4) is 0 Å². The number of alkyl halides is 3. The summed E-state index contributed by atoms with van der Waals surface area (Å²) in [5.41, 5.74) is -0.761. The zero-order valence-electron chi connectivity index (χ0n) is 9.38. The summed E-state index contributed by atoms with van der Waals surface area (Å²) in [5.74, 6) is 0. The van der Waals surface area contributed by atoms with Crippen LogP contribution in [0.25, 0.3) is 0 Å². The normalized spacial score (nSPS) is 11.1. The van der Waals surface area contributed by atoms with Crippen LogP contribution in [0.2, 0.25) is 0 Å². The number of hydrogen-bond donors (Lipinski definition) is 1. The molecular formula is C10H12F3N3O. The molecular weight excluding hydrogens is 235 g/mol. The smallest absolute Gasteiger partial charge is 0.328 e. The standard InChI is InChI=1S/C10H12F3N3O/c1-3-16(2)9(17)15-7-4-5-8(14-6-7)10(11,12)13/h4-6H,3H2,1-2H3,(H,15,17). The first-order valence-electron chi connectivity index (χ1n) is 4.90. The summed E-state index contributed by atoms with van der Waals surface area (Å²) in [4.78, 5) is 16.0. The molecule has 0 radical (unpaired) electrons. The van der Waals surface area contributed by atoms with Crippen LogP contribution in [0.15, 0.2) is 18.3 Å². The van der Waals surface area contributed by atoms with E-state index in [2.05, 4.69) is 10.3 Å². The largest absolute Gasteiger partial charge is 0.433 e. The number of anilines is 1. The van der Waals surface area contributed by atoms with E-state index in [1.807, 2.05) is 0 Å². The Hall–Kier alpha value is -1.79. The Balaban J connectivity index is 2.73. The van der Waals surface area contributed by atoms with Gasteiger partial charge in [-0.15, -0.1) is 0 Å². The number of amides is 2. The van der Waals surface area contributed by atoms with Crippen molar-refractivity contribution in [3.8, 4) is 0 Å². The molecule has 94 valence electrons. The zero-order chi connectivity index (χ0) is 13.1. The van der Waals surface area contributed by atoms with E-state index in [-0.39, 0.29) is 5.69 Å². The molecule has 0 unspecified atom stereocenters. The van der Waals surface area contributed by atoms with Crippen LogP contribution in [-0.4, -0.2) is 29.5 Å². The van der Waals surface area contributed by atoms with Crippen LogP contribution < -0.4 is 5.32 Å². The molecule has 17 heavy (non-hydrogen) atoms. The van der Waals surface area contributed by atoms with Gasteiger partial charge in [0.25, 0.3) is 0 Å². The van der Waals surface area contributed by atoms with Gasteiger partial charge in [0.15, 0.2) is 0 Å². The van der Waals surface area contributed by atoms with Crippen molar-refractivity contribution in [2.24, 2.45) is 0 Å². The van der Waals surface area contributed by atoms with Crippen molar-refractivity contribution in [2.75, 3.05) is 18.9 Å². The fourth-order valence-electron chi connectivity index (χ4n) is 0.998.